The Bertz CT molecular complexity index is 905. The Balaban J connectivity index is 2.05. The zero-order valence-electron chi connectivity index (χ0n) is 15.7. The minimum Gasteiger partial charge on any atom is -0.485 e. The summed E-state index contributed by atoms with van der Waals surface area (Å²) in [6, 6.07) is 7.74. The van der Waals surface area contributed by atoms with Crippen LogP contribution in [0, 0.1) is 12.7 Å². The van der Waals surface area contributed by atoms with Crippen LogP contribution >= 0.6 is 0 Å². The summed E-state index contributed by atoms with van der Waals surface area (Å²) < 4.78 is 19.0. The Morgan fingerprint density at radius 2 is 1.78 bits per heavy atom. The van der Waals surface area contributed by atoms with E-state index in [2.05, 4.69) is 5.32 Å². The third kappa shape index (κ3) is 3.45. The molecule has 27 heavy (non-hydrogen) atoms. The maximum atomic E-state index is 13.1. The number of Topliss-reactive ketones (excluding diaryl/α,β-unsaturated/α-hetero) is 1. The van der Waals surface area contributed by atoms with E-state index in [1.807, 2.05) is 0 Å². The largest absolute Gasteiger partial charge is 0.485 e. The van der Waals surface area contributed by atoms with E-state index in [0.717, 1.165) is 0 Å². The molecular weight excluding hydrogens is 349 g/mol. The molecule has 0 fully saturated rings. The minimum absolute atomic E-state index is 0.113. The van der Waals surface area contributed by atoms with Crippen LogP contribution in [0.2, 0.25) is 0 Å². The lowest BCUT2D eigenvalue weighted by Crippen LogP contribution is -2.53. The number of hydrogen-bond acceptors (Lipinski definition) is 4. The molecule has 6 heteroatoms. The molecule has 0 radical (unpaired) electrons. The molecule has 1 aliphatic rings. The number of amides is 1. The number of rotatable bonds is 3. The summed E-state index contributed by atoms with van der Waals surface area (Å²) in [5, 5.41) is 13.7. The van der Waals surface area contributed by atoms with Gasteiger partial charge in [-0.15, -0.1) is 0 Å². The number of ketones is 1. The second-order valence-corrected chi connectivity index (χ2v) is 7.31. The van der Waals surface area contributed by atoms with Crippen molar-refractivity contribution in [3.63, 3.8) is 0 Å². The summed E-state index contributed by atoms with van der Waals surface area (Å²) in [6.07, 6.45) is -1.05. The SMILES string of the molecule is CC(=O)c1ccc2c(c1C)[C@H](NC(=O)c1ccc(F)cc1)[C@@H](O)C(C)(C)O2. The van der Waals surface area contributed by atoms with Gasteiger partial charge in [-0.2, -0.15) is 0 Å². The van der Waals surface area contributed by atoms with Gasteiger partial charge in [0, 0.05) is 16.7 Å². The van der Waals surface area contributed by atoms with Crippen molar-refractivity contribution in [1.29, 1.82) is 0 Å². The number of benzene rings is 2. The molecule has 2 aromatic carbocycles. The van der Waals surface area contributed by atoms with Crippen molar-refractivity contribution in [3.05, 3.63) is 64.5 Å². The average Bonchev–Trinajstić information content (AvgIpc) is 2.59. The Hall–Kier alpha value is -2.73. The van der Waals surface area contributed by atoms with Crippen LogP contribution in [-0.2, 0) is 0 Å². The summed E-state index contributed by atoms with van der Waals surface area (Å²) in [6.45, 7) is 6.68. The van der Waals surface area contributed by atoms with Crippen LogP contribution in [-0.4, -0.2) is 28.5 Å². The van der Waals surface area contributed by atoms with Crippen molar-refractivity contribution in [2.75, 3.05) is 0 Å². The highest BCUT2D eigenvalue weighted by molar-refractivity contribution is 5.97. The zero-order valence-corrected chi connectivity index (χ0v) is 15.7. The van der Waals surface area contributed by atoms with Gasteiger partial charge in [-0.3, -0.25) is 9.59 Å². The van der Waals surface area contributed by atoms with E-state index in [9.17, 15) is 19.1 Å². The second-order valence-electron chi connectivity index (χ2n) is 7.31. The van der Waals surface area contributed by atoms with Crippen molar-refractivity contribution >= 4 is 11.7 Å². The van der Waals surface area contributed by atoms with Crippen molar-refractivity contribution in [1.82, 2.24) is 5.32 Å². The quantitative estimate of drug-likeness (QED) is 0.812. The Kier molecular flexibility index (Phi) is 4.78. The number of nitrogens with one attached hydrogen (secondary N) is 1. The maximum absolute atomic E-state index is 13.1. The third-order valence-electron chi connectivity index (χ3n) is 4.96. The fourth-order valence-electron chi connectivity index (χ4n) is 3.44. The van der Waals surface area contributed by atoms with Crippen LogP contribution in [0.5, 0.6) is 5.75 Å². The number of hydrogen-bond donors (Lipinski definition) is 2. The molecule has 0 bridgehead atoms. The van der Waals surface area contributed by atoms with Gasteiger partial charge < -0.3 is 15.2 Å². The number of halogens is 1. The van der Waals surface area contributed by atoms with Gasteiger partial charge >= 0.3 is 0 Å². The fraction of sp³-hybridized carbons (Fsp3) is 0.333. The molecule has 2 aromatic rings. The number of carbonyl (C=O) groups is 2. The van der Waals surface area contributed by atoms with Gasteiger partial charge in [-0.25, -0.2) is 4.39 Å². The van der Waals surface area contributed by atoms with Crippen molar-refractivity contribution in [2.45, 2.75) is 45.4 Å². The van der Waals surface area contributed by atoms with Crippen molar-refractivity contribution < 1.29 is 23.8 Å². The maximum Gasteiger partial charge on any atom is 0.251 e. The Morgan fingerprint density at radius 1 is 1.15 bits per heavy atom. The number of ether oxygens (including phenoxy) is 1. The molecule has 1 aliphatic heterocycles. The van der Waals surface area contributed by atoms with Crippen LogP contribution in [0.25, 0.3) is 0 Å². The Labute approximate surface area is 157 Å². The van der Waals surface area contributed by atoms with Gasteiger partial charge in [-0.05, 0) is 69.7 Å². The summed E-state index contributed by atoms with van der Waals surface area (Å²) in [4.78, 5) is 24.6. The van der Waals surface area contributed by atoms with Crippen LogP contribution in [0.4, 0.5) is 4.39 Å². The monoisotopic (exact) mass is 371 g/mol. The third-order valence-corrected chi connectivity index (χ3v) is 4.96. The smallest absolute Gasteiger partial charge is 0.251 e. The van der Waals surface area contributed by atoms with Crippen molar-refractivity contribution in [3.8, 4) is 5.75 Å². The zero-order chi connectivity index (χ0) is 19.9. The molecule has 1 amide bonds. The normalized spacial score (nSPS) is 20.4. The Morgan fingerprint density at radius 3 is 2.37 bits per heavy atom. The number of fused-ring (bicyclic) bond motifs is 1. The molecule has 0 aliphatic carbocycles. The second kappa shape index (κ2) is 6.78. The molecule has 0 unspecified atom stereocenters. The van der Waals surface area contributed by atoms with E-state index in [-0.39, 0.29) is 11.3 Å². The van der Waals surface area contributed by atoms with Crippen LogP contribution in [0.15, 0.2) is 36.4 Å². The first kappa shape index (κ1) is 19.0. The molecule has 0 saturated heterocycles. The lowest BCUT2D eigenvalue weighted by Gasteiger charge is -2.43. The molecule has 1 heterocycles. The fourth-order valence-corrected chi connectivity index (χ4v) is 3.44. The van der Waals surface area contributed by atoms with Gasteiger partial charge in [-0.1, -0.05) is 0 Å². The van der Waals surface area contributed by atoms with E-state index in [1.54, 1.807) is 32.9 Å². The lowest BCUT2D eigenvalue weighted by molar-refractivity contribution is -0.0629. The molecule has 0 spiro atoms. The molecule has 0 aromatic heterocycles. The van der Waals surface area contributed by atoms with Crippen LogP contribution < -0.4 is 10.1 Å². The van der Waals surface area contributed by atoms with Gasteiger partial charge in [0.1, 0.15) is 23.3 Å². The predicted molar refractivity (Wildman–Crippen MR) is 98.5 cm³/mol. The lowest BCUT2D eigenvalue weighted by atomic mass is 9.83. The van der Waals surface area contributed by atoms with Gasteiger partial charge in [0.25, 0.3) is 5.91 Å². The van der Waals surface area contributed by atoms with Gasteiger partial charge in [0.05, 0.1) is 6.04 Å². The van der Waals surface area contributed by atoms with E-state index < -0.39 is 29.5 Å². The van der Waals surface area contributed by atoms with E-state index in [0.29, 0.717) is 22.4 Å². The van der Waals surface area contributed by atoms with Gasteiger partial charge in [0.15, 0.2) is 5.78 Å². The minimum atomic E-state index is -1.05. The van der Waals surface area contributed by atoms with Crippen molar-refractivity contribution in [2.24, 2.45) is 0 Å². The summed E-state index contributed by atoms with van der Waals surface area (Å²) >= 11 is 0. The summed E-state index contributed by atoms with van der Waals surface area (Å²) in [7, 11) is 0. The molecule has 2 atom stereocenters. The molecule has 142 valence electrons. The highest BCUT2D eigenvalue weighted by Crippen LogP contribution is 2.42. The average molecular weight is 371 g/mol. The van der Waals surface area contributed by atoms with Crippen LogP contribution in [0.1, 0.15) is 58.7 Å². The predicted octanol–water partition coefficient (Wildman–Crippen LogP) is 3.34. The first-order valence-electron chi connectivity index (χ1n) is 8.70. The highest BCUT2D eigenvalue weighted by atomic mass is 19.1. The van der Waals surface area contributed by atoms with Gasteiger partial charge in [0.2, 0.25) is 0 Å². The summed E-state index contributed by atoms with van der Waals surface area (Å²) in [5.74, 6) is -0.489. The first-order chi connectivity index (χ1) is 12.6. The molecule has 2 N–H and O–H groups in total. The standard InChI is InChI=1S/C21H22FNO4/c1-11-15(12(2)24)9-10-16-17(11)18(19(25)21(3,4)27-16)23-20(26)13-5-7-14(22)8-6-13/h5-10,18-19,25H,1-4H3,(H,23,26)/t18-,19+/m0/s1. The number of carbonyl (C=O) groups excluding carboxylic acids is 2. The first-order valence-corrected chi connectivity index (χ1v) is 8.70. The highest BCUT2D eigenvalue weighted by Gasteiger charge is 2.44. The molecule has 3 rings (SSSR count). The molecular formula is C21H22FNO4. The molecule has 0 saturated carbocycles. The number of aliphatic hydroxyl groups is 1. The summed E-state index contributed by atoms with van der Waals surface area (Å²) in [5.41, 5.74) is 1.06. The molecule has 5 nitrogen and oxygen atoms in total. The van der Waals surface area contributed by atoms with E-state index in [4.69, 9.17) is 4.74 Å². The topological polar surface area (TPSA) is 75.6 Å². The van der Waals surface area contributed by atoms with E-state index >= 15 is 0 Å². The van der Waals surface area contributed by atoms with Crippen LogP contribution in [0.3, 0.4) is 0 Å². The van der Waals surface area contributed by atoms with E-state index in [1.165, 1.54) is 31.2 Å². The number of aliphatic hydroxyl groups excluding tert-OH is 1.